The van der Waals surface area contributed by atoms with Crippen LogP contribution in [0.15, 0.2) is 90.5 Å². The molecule has 0 aliphatic heterocycles. The SMILES string of the molecule is CCC/C(=C\c1cc(OCc2ccc3ccccc3c2)ccc1OCc1ccc(F)cc1)C(=O)O. The lowest BCUT2D eigenvalue weighted by Gasteiger charge is -2.13. The summed E-state index contributed by atoms with van der Waals surface area (Å²) in [6, 6.07) is 25.8. The minimum atomic E-state index is -0.959. The molecular weight excluding hydrogens is 443 g/mol. The third-order valence-electron chi connectivity index (χ3n) is 5.63. The molecule has 0 radical (unpaired) electrons. The molecule has 4 nitrogen and oxygen atoms in total. The van der Waals surface area contributed by atoms with Crippen LogP contribution in [0.3, 0.4) is 0 Å². The Balaban J connectivity index is 1.56. The maximum absolute atomic E-state index is 13.2. The van der Waals surface area contributed by atoms with Gasteiger partial charge in [-0.3, -0.25) is 0 Å². The molecule has 0 spiro atoms. The Hall–Kier alpha value is -4.12. The van der Waals surface area contributed by atoms with Crippen LogP contribution < -0.4 is 9.47 Å². The second kappa shape index (κ2) is 11.3. The minimum Gasteiger partial charge on any atom is -0.489 e. The highest BCUT2D eigenvalue weighted by Gasteiger charge is 2.11. The predicted octanol–water partition coefficient (Wildman–Crippen LogP) is 7.41. The lowest BCUT2D eigenvalue weighted by molar-refractivity contribution is -0.132. The average molecular weight is 471 g/mol. The molecule has 0 saturated carbocycles. The van der Waals surface area contributed by atoms with Crippen molar-refractivity contribution in [2.45, 2.75) is 33.0 Å². The average Bonchev–Trinajstić information content (AvgIpc) is 2.87. The fourth-order valence-corrected chi connectivity index (χ4v) is 3.80. The molecule has 0 bridgehead atoms. The first-order chi connectivity index (χ1) is 17.0. The highest BCUT2D eigenvalue weighted by Crippen LogP contribution is 2.29. The first kappa shape index (κ1) is 24.0. The van der Waals surface area contributed by atoms with Gasteiger partial charge in [0.2, 0.25) is 0 Å². The lowest BCUT2D eigenvalue weighted by Crippen LogP contribution is -2.02. The Bertz CT molecular complexity index is 1340. The molecule has 4 aromatic carbocycles. The summed E-state index contributed by atoms with van der Waals surface area (Å²) in [6.45, 7) is 2.55. The number of hydrogen-bond acceptors (Lipinski definition) is 3. The second-order valence-electron chi connectivity index (χ2n) is 8.31. The maximum Gasteiger partial charge on any atom is 0.331 e. The van der Waals surface area contributed by atoms with E-state index in [1.165, 1.54) is 17.5 Å². The number of rotatable bonds is 10. The first-order valence-electron chi connectivity index (χ1n) is 11.6. The number of fused-ring (bicyclic) bond motifs is 1. The largest absolute Gasteiger partial charge is 0.489 e. The van der Waals surface area contributed by atoms with Crippen LogP contribution in [0, 0.1) is 5.82 Å². The van der Waals surface area contributed by atoms with Crippen molar-refractivity contribution < 1.29 is 23.8 Å². The molecule has 0 aliphatic carbocycles. The van der Waals surface area contributed by atoms with Crippen molar-refractivity contribution >= 4 is 22.8 Å². The van der Waals surface area contributed by atoms with Gasteiger partial charge < -0.3 is 14.6 Å². The van der Waals surface area contributed by atoms with Gasteiger partial charge in [-0.15, -0.1) is 0 Å². The van der Waals surface area contributed by atoms with Crippen LogP contribution in [0.25, 0.3) is 16.8 Å². The number of aliphatic carboxylic acids is 1. The summed E-state index contributed by atoms with van der Waals surface area (Å²) in [5, 5.41) is 11.9. The summed E-state index contributed by atoms with van der Waals surface area (Å²) >= 11 is 0. The van der Waals surface area contributed by atoms with Crippen LogP contribution in [-0.4, -0.2) is 11.1 Å². The summed E-state index contributed by atoms with van der Waals surface area (Å²) in [6.07, 6.45) is 2.78. The van der Waals surface area contributed by atoms with Crippen LogP contribution in [0.5, 0.6) is 11.5 Å². The van der Waals surface area contributed by atoms with E-state index in [1.54, 1.807) is 36.4 Å². The normalized spacial score (nSPS) is 11.4. The van der Waals surface area contributed by atoms with E-state index >= 15 is 0 Å². The van der Waals surface area contributed by atoms with Gasteiger partial charge in [0.25, 0.3) is 0 Å². The van der Waals surface area contributed by atoms with Gasteiger partial charge in [-0.2, -0.15) is 0 Å². The number of carbonyl (C=O) groups is 1. The van der Waals surface area contributed by atoms with E-state index in [0.717, 1.165) is 16.5 Å². The quantitative estimate of drug-likeness (QED) is 0.245. The number of carboxylic acid groups (broad SMARTS) is 1. The number of benzene rings is 4. The standard InChI is InChI=1S/C30H27FO4/c1-2-5-25(30(32)33)17-26-18-28(14-15-29(26)35-19-21-9-12-27(31)13-10-21)34-20-22-8-11-23-6-3-4-7-24(23)16-22/h3-4,6-18H,2,5,19-20H2,1H3,(H,32,33)/b25-17+. The molecule has 35 heavy (non-hydrogen) atoms. The van der Waals surface area contributed by atoms with Crippen LogP contribution >= 0.6 is 0 Å². The van der Waals surface area contributed by atoms with Gasteiger partial charge in [0.15, 0.2) is 0 Å². The molecule has 0 saturated heterocycles. The molecule has 4 rings (SSSR count). The summed E-state index contributed by atoms with van der Waals surface area (Å²) < 4.78 is 25.2. The molecule has 0 unspecified atom stereocenters. The molecule has 178 valence electrons. The topological polar surface area (TPSA) is 55.8 Å². The van der Waals surface area contributed by atoms with Crippen LogP contribution in [0.4, 0.5) is 4.39 Å². The third kappa shape index (κ3) is 6.48. The fourth-order valence-electron chi connectivity index (χ4n) is 3.80. The highest BCUT2D eigenvalue weighted by atomic mass is 19.1. The molecule has 0 fully saturated rings. The van der Waals surface area contributed by atoms with Crippen molar-refractivity contribution in [2.24, 2.45) is 0 Å². The van der Waals surface area contributed by atoms with Crippen molar-refractivity contribution in [1.82, 2.24) is 0 Å². The van der Waals surface area contributed by atoms with E-state index in [0.29, 0.717) is 42.1 Å². The number of carboxylic acids is 1. The Morgan fingerprint density at radius 3 is 2.31 bits per heavy atom. The van der Waals surface area contributed by atoms with Crippen molar-refractivity contribution in [3.8, 4) is 11.5 Å². The van der Waals surface area contributed by atoms with Crippen molar-refractivity contribution in [3.05, 3.63) is 113 Å². The van der Waals surface area contributed by atoms with Gasteiger partial charge in [-0.05, 0) is 70.8 Å². The van der Waals surface area contributed by atoms with Crippen molar-refractivity contribution in [2.75, 3.05) is 0 Å². The van der Waals surface area contributed by atoms with Gasteiger partial charge in [0.1, 0.15) is 30.5 Å². The van der Waals surface area contributed by atoms with Crippen LogP contribution in [-0.2, 0) is 18.0 Å². The number of halogens is 1. The summed E-state index contributed by atoms with van der Waals surface area (Å²) in [4.78, 5) is 11.7. The Morgan fingerprint density at radius 2 is 1.57 bits per heavy atom. The molecule has 0 aromatic heterocycles. The van der Waals surface area contributed by atoms with Crippen LogP contribution in [0.1, 0.15) is 36.5 Å². The predicted molar refractivity (Wildman–Crippen MR) is 136 cm³/mol. The summed E-state index contributed by atoms with van der Waals surface area (Å²) in [5.74, 6) is -0.128. The lowest BCUT2D eigenvalue weighted by atomic mass is 10.1. The first-order valence-corrected chi connectivity index (χ1v) is 11.6. The molecular formula is C30H27FO4. The van der Waals surface area contributed by atoms with Crippen molar-refractivity contribution in [3.63, 3.8) is 0 Å². The zero-order chi connectivity index (χ0) is 24.6. The van der Waals surface area contributed by atoms with Crippen LogP contribution in [0.2, 0.25) is 0 Å². The Morgan fingerprint density at radius 1 is 0.857 bits per heavy atom. The van der Waals surface area contributed by atoms with E-state index in [-0.39, 0.29) is 12.4 Å². The van der Waals surface area contributed by atoms with E-state index in [9.17, 15) is 14.3 Å². The molecule has 4 aromatic rings. The van der Waals surface area contributed by atoms with Gasteiger partial charge in [-0.1, -0.05) is 61.9 Å². The Kier molecular flexibility index (Phi) is 7.78. The molecule has 0 atom stereocenters. The van der Waals surface area contributed by atoms with Gasteiger partial charge >= 0.3 is 5.97 Å². The molecule has 0 amide bonds. The second-order valence-corrected chi connectivity index (χ2v) is 8.31. The Labute approximate surface area is 204 Å². The van der Waals surface area contributed by atoms with Crippen molar-refractivity contribution in [1.29, 1.82) is 0 Å². The maximum atomic E-state index is 13.2. The smallest absolute Gasteiger partial charge is 0.331 e. The van der Waals surface area contributed by atoms with Gasteiger partial charge in [0.05, 0.1) is 0 Å². The van der Waals surface area contributed by atoms with E-state index in [2.05, 4.69) is 24.3 Å². The fraction of sp³-hybridized carbons (Fsp3) is 0.167. The minimum absolute atomic E-state index is 0.231. The molecule has 0 heterocycles. The zero-order valence-corrected chi connectivity index (χ0v) is 19.5. The van der Waals surface area contributed by atoms with E-state index in [4.69, 9.17) is 9.47 Å². The third-order valence-corrected chi connectivity index (χ3v) is 5.63. The van der Waals surface area contributed by atoms with Gasteiger partial charge in [0, 0.05) is 11.1 Å². The number of hydrogen-bond donors (Lipinski definition) is 1. The number of ether oxygens (including phenoxy) is 2. The molecule has 0 aliphatic rings. The molecule has 1 N–H and O–H groups in total. The molecule has 5 heteroatoms. The van der Waals surface area contributed by atoms with E-state index < -0.39 is 5.97 Å². The summed E-state index contributed by atoms with van der Waals surface area (Å²) in [5.41, 5.74) is 2.76. The van der Waals surface area contributed by atoms with E-state index in [1.807, 2.05) is 25.1 Å². The monoisotopic (exact) mass is 470 g/mol. The zero-order valence-electron chi connectivity index (χ0n) is 19.5. The van der Waals surface area contributed by atoms with Gasteiger partial charge in [-0.25, -0.2) is 9.18 Å². The summed E-state index contributed by atoms with van der Waals surface area (Å²) in [7, 11) is 0. The highest BCUT2D eigenvalue weighted by molar-refractivity contribution is 5.92.